The van der Waals surface area contributed by atoms with Gasteiger partial charge in [-0.2, -0.15) is 0 Å². The molecule has 8 heteroatoms. The molecule has 0 unspecified atom stereocenters. The molecule has 0 saturated carbocycles. The number of aliphatic imine (C=N–C) groups is 1. The molecule has 0 saturated heterocycles. The van der Waals surface area contributed by atoms with Gasteiger partial charge in [-0.1, -0.05) is 17.7 Å². The van der Waals surface area contributed by atoms with E-state index in [4.69, 9.17) is 31.5 Å². The Balaban J connectivity index is 0.00000261. The van der Waals surface area contributed by atoms with Crippen LogP contribution in [0, 0.1) is 0 Å². The Morgan fingerprint density at radius 3 is 2.74 bits per heavy atom. The number of nitrogens with two attached hydrogens (primary N) is 1. The minimum atomic E-state index is 0. The maximum Gasteiger partial charge on any atom is 0.189 e. The van der Waals surface area contributed by atoms with E-state index in [-0.39, 0.29) is 24.0 Å². The number of hydrogen-bond donors (Lipinski definition) is 2. The first-order chi connectivity index (χ1) is 12.6. The standard InChI is InChI=1S/C19H22ClN3O3.HI/c1-24-16-4-3-12(7-17(16)25-2)10-22-19(21)23-11-14-9-15(20)8-13-5-6-26-18(13)14;/h3-4,7-9H,5-6,10-11H2,1-2H3,(H3,21,22,23);1H. The lowest BCUT2D eigenvalue weighted by atomic mass is 10.1. The van der Waals surface area contributed by atoms with Gasteiger partial charge in [0.05, 0.1) is 27.4 Å². The van der Waals surface area contributed by atoms with Crippen LogP contribution < -0.4 is 25.3 Å². The van der Waals surface area contributed by atoms with Crippen molar-refractivity contribution in [2.75, 3.05) is 20.8 Å². The normalized spacial score (nSPS) is 12.6. The monoisotopic (exact) mass is 503 g/mol. The van der Waals surface area contributed by atoms with Gasteiger partial charge in [0, 0.05) is 23.6 Å². The van der Waals surface area contributed by atoms with Gasteiger partial charge in [-0.3, -0.25) is 0 Å². The van der Waals surface area contributed by atoms with Gasteiger partial charge in [0.2, 0.25) is 0 Å². The highest BCUT2D eigenvalue weighted by Gasteiger charge is 2.17. The molecule has 0 radical (unpaired) electrons. The van der Waals surface area contributed by atoms with E-state index in [0.717, 1.165) is 28.9 Å². The molecule has 3 N–H and O–H groups in total. The van der Waals surface area contributed by atoms with Crippen molar-refractivity contribution in [2.45, 2.75) is 19.5 Å². The highest BCUT2D eigenvalue weighted by molar-refractivity contribution is 14.0. The Morgan fingerprint density at radius 1 is 1.22 bits per heavy atom. The second-order valence-electron chi connectivity index (χ2n) is 5.90. The van der Waals surface area contributed by atoms with Gasteiger partial charge in [-0.25, -0.2) is 4.99 Å². The molecule has 0 amide bonds. The number of nitrogens with one attached hydrogen (secondary N) is 1. The van der Waals surface area contributed by atoms with Crippen LogP contribution in [0.3, 0.4) is 0 Å². The average molecular weight is 504 g/mol. The van der Waals surface area contributed by atoms with E-state index in [0.29, 0.717) is 42.2 Å². The summed E-state index contributed by atoms with van der Waals surface area (Å²) < 4.78 is 16.2. The smallest absolute Gasteiger partial charge is 0.189 e. The maximum atomic E-state index is 6.17. The number of methoxy groups -OCH3 is 2. The molecule has 0 bridgehead atoms. The van der Waals surface area contributed by atoms with E-state index < -0.39 is 0 Å². The third-order valence-corrected chi connectivity index (χ3v) is 4.38. The number of fused-ring (bicyclic) bond motifs is 1. The summed E-state index contributed by atoms with van der Waals surface area (Å²) >= 11 is 6.17. The molecule has 2 aromatic carbocycles. The van der Waals surface area contributed by atoms with Crippen molar-refractivity contribution in [3.05, 3.63) is 52.0 Å². The van der Waals surface area contributed by atoms with Crippen molar-refractivity contribution < 1.29 is 14.2 Å². The largest absolute Gasteiger partial charge is 0.493 e. The van der Waals surface area contributed by atoms with E-state index in [1.807, 2.05) is 30.3 Å². The molecule has 3 rings (SSSR count). The molecule has 0 spiro atoms. The highest BCUT2D eigenvalue weighted by Crippen LogP contribution is 2.32. The first kappa shape index (κ1) is 21.4. The molecular weight excluding hydrogens is 481 g/mol. The topological polar surface area (TPSA) is 78.1 Å². The highest BCUT2D eigenvalue weighted by atomic mass is 127. The van der Waals surface area contributed by atoms with E-state index in [1.54, 1.807) is 14.2 Å². The molecule has 0 aromatic heterocycles. The van der Waals surface area contributed by atoms with Crippen LogP contribution in [-0.2, 0) is 19.5 Å². The van der Waals surface area contributed by atoms with Gasteiger partial charge in [0.15, 0.2) is 17.5 Å². The van der Waals surface area contributed by atoms with Gasteiger partial charge in [0.1, 0.15) is 5.75 Å². The second kappa shape index (κ2) is 9.89. The quantitative estimate of drug-likeness (QED) is 0.358. The van der Waals surface area contributed by atoms with Crippen molar-refractivity contribution in [2.24, 2.45) is 10.7 Å². The summed E-state index contributed by atoms with van der Waals surface area (Å²) in [5.74, 6) is 2.60. The average Bonchev–Trinajstić information content (AvgIpc) is 3.12. The Bertz CT molecular complexity index is 830. The molecule has 27 heavy (non-hydrogen) atoms. The first-order valence-corrected chi connectivity index (χ1v) is 8.67. The lowest BCUT2D eigenvalue weighted by Crippen LogP contribution is -2.31. The third kappa shape index (κ3) is 5.32. The molecule has 0 fully saturated rings. The number of benzene rings is 2. The summed E-state index contributed by atoms with van der Waals surface area (Å²) in [5.41, 5.74) is 9.08. The molecule has 1 aliphatic heterocycles. The Labute approximate surface area is 181 Å². The molecule has 1 heterocycles. The Hall–Kier alpha value is -1.87. The SMILES string of the molecule is COc1ccc(CN=C(N)NCc2cc(Cl)cc3c2OCC3)cc1OC.I. The lowest BCUT2D eigenvalue weighted by Gasteiger charge is -2.11. The number of ether oxygens (including phenoxy) is 3. The summed E-state index contributed by atoms with van der Waals surface area (Å²) in [7, 11) is 3.21. The van der Waals surface area contributed by atoms with Crippen LogP contribution in [0.25, 0.3) is 0 Å². The van der Waals surface area contributed by atoms with Gasteiger partial charge >= 0.3 is 0 Å². The van der Waals surface area contributed by atoms with E-state index >= 15 is 0 Å². The fourth-order valence-electron chi connectivity index (χ4n) is 2.87. The van der Waals surface area contributed by atoms with E-state index in [9.17, 15) is 0 Å². The van der Waals surface area contributed by atoms with Crippen LogP contribution in [0.1, 0.15) is 16.7 Å². The van der Waals surface area contributed by atoms with Crippen LogP contribution in [0.4, 0.5) is 0 Å². The third-order valence-electron chi connectivity index (χ3n) is 4.17. The van der Waals surface area contributed by atoms with Gasteiger partial charge in [-0.05, 0) is 35.4 Å². The summed E-state index contributed by atoms with van der Waals surface area (Å²) in [6.45, 7) is 1.62. The van der Waals surface area contributed by atoms with Gasteiger partial charge in [-0.15, -0.1) is 24.0 Å². The fourth-order valence-corrected chi connectivity index (χ4v) is 3.14. The number of rotatable bonds is 6. The van der Waals surface area contributed by atoms with Crippen LogP contribution in [-0.4, -0.2) is 26.8 Å². The molecule has 1 aliphatic rings. The van der Waals surface area contributed by atoms with Crippen molar-refractivity contribution in [1.29, 1.82) is 0 Å². The molecule has 0 atom stereocenters. The number of nitrogens with zero attached hydrogens (tertiary/aromatic N) is 1. The Morgan fingerprint density at radius 2 is 2.00 bits per heavy atom. The van der Waals surface area contributed by atoms with Crippen LogP contribution in [0.5, 0.6) is 17.2 Å². The molecule has 2 aromatic rings. The summed E-state index contributed by atoms with van der Waals surface area (Å²) in [4.78, 5) is 4.37. The number of halogens is 2. The lowest BCUT2D eigenvalue weighted by molar-refractivity contribution is 0.353. The fraction of sp³-hybridized carbons (Fsp3) is 0.316. The van der Waals surface area contributed by atoms with Crippen molar-refractivity contribution in [1.82, 2.24) is 5.32 Å². The van der Waals surface area contributed by atoms with Gasteiger partial charge < -0.3 is 25.3 Å². The summed E-state index contributed by atoms with van der Waals surface area (Å²) in [6.07, 6.45) is 0.881. The van der Waals surface area contributed by atoms with Crippen LogP contribution in [0.2, 0.25) is 5.02 Å². The van der Waals surface area contributed by atoms with Crippen LogP contribution >= 0.6 is 35.6 Å². The van der Waals surface area contributed by atoms with E-state index in [1.165, 1.54) is 0 Å². The molecule has 6 nitrogen and oxygen atoms in total. The van der Waals surface area contributed by atoms with Crippen molar-refractivity contribution in [3.63, 3.8) is 0 Å². The predicted molar refractivity (Wildman–Crippen MR) is 118 cm³/mol. The summed E-state index contributed by atoms with van der Waals surface area (Å²) in [5, 5.41) is 3.81. The first-order valence-electron chi connectivity index (χ1n) is 8.29. The zero-order valence-corrected chi connectivity index (χ0v) is 18.3. The van der Waals surface area contributed by atoms with Crippen LogP contribution in [0.15, 0.2) is 35.3 Å². The van der Waals surface area contributed by atoms with Crippen molar-refractivity contribution in [3.8, 4) is 17.2 Å². The summed E-state index contributed by atoms with van der Waals surface area (Å²) in [6, 6.07) is 9.49. The molecule has 0 aliphatic carbocycles. The zero-order valence-electron chi connectivity index (χ0n) is 15.3. The minimum absolute atomic E-state index is 0. The Kier molecular flexibility index (Phi) is 7.85. The zero-order chi connectivity index (χ0) is 18.5. The van der Waals surface area contributed by atoms with E-state index in [2.05, 4.69) is 10.3 Å². The van der Waals surface area contributed by atoms with Crippen molar-refractivity contribution >= 4 is 41.5 Å². The molecular formula is C19H23ClIN3O3. The predicted octanol–water partition coefficient (Wildman–Crippen LogP) is 3.51. The number of guanidine groups is 1. The minimum Gasteiger partial charge on any atom is -0.493 e. The second-order valence-corrected chi connectivity index (χ2v) is 6.33. The maximum absolute atomic E-state index is 6.17. The number of hydrogen-bond acceptors (Lipinski definition) is 4. The molecule has 146 valence electrons. The van der Waals surface area contributed by atoms with Gasteiger partial charge in [0.25, 0.3) is 0 Å².